The normalized spacial score (nSPS) is 18.8. The first kappa shape index (κ1) is 14.9. The molecular formula is C13H14BrFN2O3. The number of piperidine rings is 1. The fraction of sp³-hybridized carbons (Fsp3) is 0.385. The van der Waals surface area contributed by atoms with E-state index in [0.717, 1.165) is 0 Å². The number of hydrogen-bond acceptors (Lipinski definition) is 3. The topological polar surface area (TPSA) is 69.6 Å². The highest BCUT2D eigenvalue weighted by Gasteiger charge is 2.27. The van der Waals surface area contributed by atoms with Crippen LogP contribution in [0.15, 0.2) is 22.7 Å². The van der Waals surface area contributed by atoms with Crippen LogP contribution in [0.4, 0.5) is 10.1 Å². The van der Waals surface area contributed by atoms with Gasteiger partial charge in [-0.05, 0) is 47.0 Å². The quantitative estimate of drug-likeness (QED) is 0.758. The predicted molar refractivity (Wildman–Crippen MR) is 74.6 cm³/mol. The molecule has 0 aromatic heterocycles. The number of nitrogens with zero attached hydrogens (tertiary/aromatic N) is 1. The molecule has 7 heteroatoms. The number of halogens is 2. The van der Waals surface area contributed by atoms with E-state index >= 15 is 0 Å². The molecule has 1 fully saturated rings. The average Bonchev–Trinajstić information content (AvgIpc) is 2.41. The Balaban J connectivity index is 2.02. The fourth-order valence-electron chi connectivity index (χ4n) is 2.05. The molecule has 0 radical (unpaired) electrons. The average molecular weight is 345 g/mol. The Morgan fingerprint density at radius 3 is 2.85 bits per heavy atom. The van der Waals surface area contributed by atoms with Crippen LogP contribution < -0.4 is 5.32 Å². The van der Waals surface area contributed by atoms with Gasteiger partial charge >= 0.3 is 11.8 Å². The SMILES string of the molecule is O=C(Nc1ccc(F)cc1Br)C(=O)N1CCCC(O)C1. The summed E-state index contributed by atoms with van der Waals surface area (Å²) in [6.07, 6.45) is 0.716. The van der Waals surface area contributed by atoms with E-state index < -0.39 is 23.7 Å². The van der Waals surface area contributed by atoms with Gasteiger partial charge in [0, 0.05) is 17.6 Å². The van der Waals surface area contributed by atoms with Crippen LogP contribution in [0, 0.1) is 5.82 Å². The molecule has 2 rings (SSSR count). The predicted octanol–water partition coefficient (Wildman–Crippen LogP) is 1.51. The van der Waals surface area contributed by atoms with E-state index in [9.17, 15) is 19.1 Å². The summed E-state index contributed by atoms with van der Waals surface area (Å²) in [6.45, 7) is 0.616. The summed E-state index contributed by atoms with van der Waals surface area (Å²) in [5.74, 6) is -1.94. The maximum atomic E-state index is 12.9. The summed E-state index contributed by atoms with van der Waals surface area (Å²) in [5, 5.41) is 11.9. The molecule has 2 N–H and O–H groups in total. The second kappa shape index (κ2) is 6.32. The molecule has 1 atom stereocenters. The molecule has 108 valence electrons. The van der Waals surface area contributed by atoms with Crippen LogP contribution in [0.3, 0.4) is 0 Å². The first-order valence-electron chi connectivity index (χ1n) is 6.21. The van der Waals surface area contributed by atoms with Crippen molar-refractivity contribution in [1.82, 2.24) is 4.90 Å². The van der Waals surface area contributed by atoms with Crippen molar-refractivity contribution in [3.63, 3.8) is 0 Å². The van der Waals surface area contributed by atoms with Crippen molar-refractivity contribution < 1.29 is 19.1 Å². The standard InChI is InChI=1S/C13H14BrFN2O3/c14-10-6-8(15)3-4-11(10)16-12(19)13(20)17-5-1-2-9(18)7-17/h3-4,6,9,18H,1-2,5,7H2,(H,16,19). The molecule has 1 aliphatic rings. The van der Waals surface area contributed by atoms with Crippen molar-refractivity contribution in [3.8, 4) is 0 Å². The van der Waals surface area contributed by atoms with E-state index in [4.69, 9.17) is 0 Å². The van der Waals surface area contributed by atoms with Crippen LogP contribution in [0.5, 0.6) is 0 Å². The van der Waals surface area contributed by atoms with Crippen LogP contribution in [0.2, 0.25) is 0 Å². The highest BCUT2D eigenvalue weighted by Crippen LogP contribution is 2.23. The second-order valence-corrected chi connectivity index (χ2v) is 5.48. The van der Waals surface area contributed by atoms with Gasteiger partial charge in [-0.3, -0.25) is 9.59 Å². The highest BCUT2D eigenvalue weighted by atomic mass is 79.9. The molecule has 0 saturated carbocycles. The van der Waals surface area contributed by atoms with Crippen LogP contribution in [0.25, 0.3) is 0 Å². The molecule has 1 aromatic rings. The first-order chi connectivity index (χ1) is 9.47. The minimum Gasteiger partial charge on any atom is -0.391 e. The molecule has 2 amide bonds. The van der Waals surface area contributed by atoms with Gasteiger partial charge in [-0.1, -0.05) is 0 Å². The second-order valence-electron chi connectivity index (χ2n) is 4.63. The van der Waals surface area contributed by atoms with Crippen molar-refractivity contribution in [2.75, 3.05) is 18.4 Å². The molecule has 20 heavy (non-hydrogen) atoms. The van der Waals surface area contributed by atoms with E-state index in [1.54, 1.807) is 0 Å². The largest absolute Gasteiger partial charge is 0.391 e. The number of β-amino-alcohol motifs (C(OH)–C–C–N with tert-alkyl or cyclic N) is 1. The lowest BCUT2D eigenvalue weighted by Crippen LogP contribution is -2.46. The summed E-state index contributed by atoms with van der Waals surface area (Å²) >= 11 is 3.11. The number of amides is 2. The third-order valence-electron chi connectivity index (χ3n) is 3.06. The zero-order chi connectivity index (χ0) is 14.7. The van der Waals surface area contributed by atoms with Crippen molar-refractivity contribution in [2.24, 2.45) is 0 Å². The Bertz CT molecular complexity index is 538. The monoisotopic (exact) mass is 344 g/mol. The number of benzene rings is 1. The van der Waals surface area contributed by atoms with Gasteiger partial charge in [0.05, 0.1) is 11.8 Å². The van der Waals surface area contributed by atoms with E-state index in [0.29, 0.717) is 29.5 Å². The number of aliphatic hydroxyl groups excluding tert-OH is 1. The van der Waals surface area contributed by atoms with E-state index in [1.807, 2.05) is 0 Å². The Morgan fingerprint density at radius 2 is 2.20 bits per heavy atom. The van der Waals surface area contributed by atoms with Crippen LogP contribution in [-0.2, 0) is 9.59 Å². The number of likely N-dealkylation sites (tertiary alicyclic amines) is 1. The maximum absolute atomic E-state index is 12.9. The molecule has 1 unspecified atom stereocenters. The third kappa shape index (κ3) is 3.55. The van der Waals surface area contributed by atoms with Gasteiger partial charge in [-0.15, -0.1) is 0 Å². The molecule has 1 heterocycles. The first-order valence-corrected chi connectivity index (χ1v) is 7.00. The molecule has 1 aliphatic heterocycles. The van der Waals surface area contributed by atoms with Crippen molar-refractivity contribution >= 4 is 33.4 Å². The van der Waals surface area contributed by atoms with E-state index in [1.165, 1.54) is 23.1 Å². The Morgan fingerprint density at radius 1 is 1.45 bits per heavy atom. The smallest absolute Gasteiger partial charge is 0.313 e. The van der Waals surface area contributed by atoms with E-state index in [2.05, 4.69) is 21.2 Å². The molecule has 0 spiro atoms. The molecular weight excluding hydrogens is 331 g/mol. The lowest BCUT2D eigenvalue weighted by Gasteiger charge is -2.29. The van der Waals surface area contributed by atoms with Crippen LogP contribution in [-0.4, -0.2) is 41.0 Å². The van der Waals surface area contributed by atoms with Crippen molar-refractivity contribution in [2.45, 2.75) is 18.9 Å². The van der Waals surface area contributed by atoms with Crippen LogP contribution >= 0.6 is 15.9 Å². The number of nitrogens with one attached hydrogen (secondary N) is 1. The third-order valence-corrected chi connectivity index (χ3v) is 3.71. The molecule has 5 nitrogen and oxygen atoms in total. The van der Waals surface area contributed by atoms with Gasteiger partial charge in [0.25, 0.3) is 0 Å². The zero-order valence-electron chi connectivity index (χ0n) is 10.6. The summed E-state index contributed by atoms with van der Waals surface area (Å²) in [5.41, 5.74) is 0.322. The summed E-state index contributed by atoms with van der Waals surface area (Å²) < 4.78 is 13.3. The van der Waals surface area contributed by atoms with Gasteiger partial charge in [0.15, 0.2) is 0 Å². The number of carbonyl (C=O) groups excluding carboxylic acids is 2. The molecule has 0 bridgehead atoms. The van der Waals surface area contributed by atoms with Gasteiger partial charge in [-0.25, -0.2) is 4.39 Å². The number of rotatable bonds is 1. The fourth-order valence-corrected chi connectivity index (χ4v) is 2.50. The Labute approximate surface area is 123 Å². The van der Waals surface area contributed by atoms with Gasteiger partial charge in [-0.2, -0.15) is 0 Å². The van der Waals surface area contributed by atoms with Gasteiger partial charge in [0.1, 0.15) is 5.82 Å². The van der Waals surface area contributed by atoms with E-state index in [-0.39, 0.29) is 6.54 Å². The molecule has 1 saturated heterocycles. The Kier molecular flexibility index (Phi) is 4.72. The minimum atomic E-state index is -0.800. The number of hydrogen-bond donors (Lipinski definition) is 2. The number of aliphatic hydroxyl groups is 1. The van der Waals surface area contributed by atoms with Crippen LogP contribution in [0.1, 0.15) is 12.8 Å². The van der Waals surface area contributed by atoms with Crippen molar-refractivity contribution in [3.05, 3.63) is 28.5 Å². The summed E-state index contributed by atoms with van der Waals surface area (Å²) in [7, 11) is 0. The Hall–Kier alpha value is -1.47. The van der Waals surface area contributed by atoms with Crippen molar-refractivity contribution in [1.29, 1.82) is 0 Å². The number of anilines is 1. The minimum absolute atomic E-state index is 0.164. The lowest BCUT2D eigenvalue weighted by molar-refractivity contribution is -0.145. The maximum Gasteiger partial charge on any atom is 0.313 e. The van der Waals surface area contributed by atoms with Gasteiger partial charge < -0.3 is 15.3 Å². The highest BCUT2D eigenvalue weighted by molar-refractivity contribution is 9.10. The molecule has 0 aliphatic carbocycles. The molecule has 1 aromatic carbocycles. The summed E-state index contributed by atoms with van der Waals surface area (Å²) in [6, 6.07) is 3.76. The summed E-state index contributed by atoms with van der Waals surface area (Å²) in [4.78, 5) is 25.1. The van der Waals surface area contributed by atoms with Gasteiger partial charge in [0.2, 0.25) is 0 Å². The zero-order valence-corrected chi connectivity index (χ0v) is 12.2. The number of carbonyl (C=O) groups is 2. The lowest BCUT2D eigenvalue weighted by atomic mass is 10.1.